The van der Waals surface area contributed by atoms with Crippen LogP contribution < -0.4 is 10.6 Å². The van der Waals surface area contributed by atoms with Crippen molar-refractivity contribution in [2.45, 2.75) is 45.4 Å². The number of nitrogen functional groups attached to an aromatic ring is 1. The highest BCUT2D eigenvalue weighted by molar-refractivity contribution is 5.93. The fraction of sp³-hybridized carbons (Fsp3) is 0.562. The lowest BCUT2D eigenvalue weighted by molar-refractivity contribution is -0.118. The Morgan fingerprint density at radius 1 is 1.26 bits per heavy atom. The van der Waals surface area contributed by atoms with E-state index in [1.807, 2.05) is 36.1 Å². The molecule has 2 rings (SSSR count). The van der Waals surface area contributed by atoms with Gasteiger partial charge in [0.1, 0.15) is 0 Å². The largest absolute Gasteiger partial charge is 0.399 e. The number of benzene rings is 1. The van der Waals surface area contributed by atoms with Crippen molar-refractivity contribution >= 4 is 17.3 Å². The zero-order chi connectivity index (χ0) is 13.7. The molecule has 0 atom stereocenters. The Labute approximate surface area is 115 Å². The maximum absolute atomic E-state index is 12.3. The van der Waals surface area contributed by atoms with Gasteiger partial charge in [0, 0.05) is 24.3 Å². The highest BCUT2D eigenvalue weighted by Crippen LogP contribution is 2.29. The van der Waals surface area contributed by atoms with Crippen molar-refractivity contribution in [3.8, 4) is 0 Å². The number of hydrogen-bond donors (Lipinski definition) is 1. The highest BCUT2D eigenvalue weighted by atomic mass is 16.2. The number of carbonyl (C=O) groups is 1. The van der Waals surface area contributed by atoms with Crippen molar-refractivity contribution in [1.82, 2.24) is 0 Å². The van der Waals surface area contributed by atoms with E-state index in [0.717, 1.165) is 23.7 Å². The SMILES string of the molecule is CCN(C(=O)CCC1CCCC1)c1ccc(N)cc1. The van der Waals surface area contributed by atoms with Crippen molar-refractivity contribution in [2.24, 2.45) is 5.92 Å². The molecule has 0 saturated heterocycles. The van der Waals surface area contributed by atoms with E-state index in [0.29, 0.717) is 13.0 Å². The van der Waals surface area contributed by atoms with Gasteiger partial charge in [-0.25, -0.2) is 0 Å². The van der Waals surface area contributed by atoms with Gasteiger partial charge in [-0.05, 0) is 43.5 Å². The summed E-state index contributed by atoms with van der Waals surface area (Å²) >= 11 is 0. The summed E-state index contributed by atoms with van der Waals surface area (Å²) in [5, 5.41) is 0. The fourth-order valence-electron chi connectivity index (χ4n) is 2.92. The predicted octanol–water partition coefficient (Wildman–Crippen LogP) is 3.59. The van der Waals surface area contributed by atoms with Gasteiger partial charge in [0.2, 0.25) is 5.91 Å². The van der Waals surface area contributed by atoms with Gasteiger partial charge in [-0.3, -0.25) is 4.79 Å². The van der Waals surface area contributed by atoms with Crippen molar-refractivity contribution in [3.05, 3.63) is 24.3 Å². The van der Waals surface area contributed by atoms with Crippen LogP contribution >= 0.6 is 0 Å². The van der Waals surface area contributed by atoms with Gasteiger partial charge in [-0.2, -0.15) is 0 Å². The lowest BCUT2D eigenvalue weighted by atomic mass is 10.0. The quantitative estimate of drug-likeness (QED) is 0.822. The van der Waals surface area contributed by atoms with Crippen LogP contribution in [-0.2, 0) is 4.79 Å². The maximum atomic E-state index is 12.3. The second kappa shape index (κ2) is 6.60. The number of nitrogens with two attached hydrogens (primary N) is 1. The molecule has 1 aliphatic carbocycles. The lowest BCUT2D eigenvalue weighted by Crippen LogP contribution is -2.30. The molecule has 1 saturated carbocycles. The van der Waals surface area contributed by atoms with E-state index in [2.05, 4.69) is 0 Å². The van der Waals surface area contributed by atoms with E-state index in [1.165, 1.54) is 25.7 Å². The molecule has 1 fully saturated rings. The first-order chi connectivity index (χ1) is 9.20. The molecule has 0 bridgehead atoms. The van der Waals surface area contributed by atoms with E-state index < -0.39 is 0 Å². The summed E-state index contributed by atoms with van der Waals surface area (Å²) in [5.41, 5.74) is 7.37. The number of amides is 1. The summed E-state index contributed by atoms with van der Waals surface area (Å²) in [4.78, 5) is 14.2. The summed E-state index contributed by atoms with van der Waals surface area (Å²) in [6, 6.07) is 7.54. The summed E-state index contributed by atoms with van der Waals surface area (Å²) in [5.74, 6) is 1.01. The maximum Gasteiger partial charge on any atom is 0.226 e. The fourth-order valence-corrected chi connectivity index (χ4v) is 2.92. The van der Waals surface area contributed by atoms with E-state index >= 15 is 0 Å². The molecule has 19 heavy (non-hydrogen) atoms. The average molecular weight is 260 g/mol. The van der Waals surface area contributed by atoms with Crippen molar-refractivity contribution in [3.63, 3.8) is 0 Å². The lowest BCUT2D eigenvalue weighted by Gasteiger charge is -2.22. The van der Waals surface area contributed by atoms with Gasteiger partial charge in [0.15, 0.2) is 0 Å². The molecule has 0 radical (unpaired) electrons. The second-order valence-electron chi connectivity index (χ2n) is 5.42. The van der Waals surface area contributed by atoms with E-state index in [9.17, 15) is 4.79 Å². The zero-order valence-corrected chi connectivity index (χ0v) is 11.8. The first-order valence-corrected chi connectivity index (χ1v) is 7.36. The molecule has 1 amide bonds. The normalized spacial score (nSPS) is 15.6. The van der Waals surface area contributed by atoms with Gasteiger partial charge in [0.25, 0.3) is 0 Å². The first-order valence-electron chi connectivity index (χ1n) is 7.36. The highest BCUT2D eigenvalue weighted by Gasteiger charge is 2.19. The van der Waals surface area contributed by atoms with Crippen LogP contribution in [0, 0.1) is 5.92 Å². The Morgan fingerprint density at radius 3 is 2.47 bits per heavy atom. The molecular weight excluding hydrogens is 236 g/mol. The Hall–Kier alpha value is -1.51. The van der Waals surface area contributed by atoms with Gasteiger partial charge in [-0.1, -0.05) is 25.7 Å². The average Bonchev–Trinajstić information content (AvgIpc) is 2.92. The molecule has 0 aromatic heterocycles. The Balaban J connectivity index is 1.92. The smallest absolute Gasteiger partial charge is 0.226 e. The van der Waals surface area contributed by atoms with Crippen LogP contribution in [0.3, 0.4) is 0 Å². The van der Waals surface area contributed by atoms with E-state index in [1.54, 1.807) is 0 Å². The Morgan fingerprint density at radius 2 is 1.89 bits per heavy atom. The molecule has 1 aromatic rings. The van der Waals surface area contributed by atoms with Crippen LogP contribution in [0.5, 0.6) is 0 Å². The van der Waals surface area contributed by atoms with Gasteiger partial charge < -0.3 is 10.6 Å². The van der Waals surface area contributed by atoms with Crippen molar-refractivity contribution < 1.29 is 4.79 Å². The summed E-state index contributed by atoms with van der Waals surface area (Å²) < 4.78 is 0. The molecule has 0 unspecified atom stereocenters. The Kier molecular flexibility index (Phi) is 4.83. The molecule has 3 heteroatoms. The van der Waals surface area contributed by atoms with Crippen LogP contribution in [0.25, 0.3) is 0 Å². The molecule has 2 N–H and O–H groups in total. The summed E-state index contributed by atoms with van der Waals surface area (Å²) in [7, 11) is 0. The third kappa shape index (κ3) is 3.72. The number of rotatable bonds is 5. The number of anilines is 2. The standard InChI is InChI=1S/C16H24N2O/c1-2-18(15-10-8-14(17)9-11-15)16(19)12-7-13-5-3-4-6-13/h8-11,13H,2-7,12,17H2,1H3. The molecule has 3 nitrogen and oxygen atoms in total. The summed E-state index contributed by atoms with van der Waals surface area (Å²) in [6.45, 7) is 2.73. The minimum absolute atomic E-state index is 0.235. The van der Waals surface area contributed by atoms with Gasteiger partial charge in [0.05, 0.1) is 0 Å². The monoisotopic (exact) mass is 260 g/mol. The van der Waals surface area contributed by atoms with Crippen LogP contribution in [0.1, 0.15) is 45.4 Å². The van der Waals surface area contributed by atoms with E-state index in [4.69, 9.17) is 5.73 Å². The number of carbonyl (C=O) groups excluding carboxylic acids is 1. The Bertz CT molecular complexity index is 407. The number of hydrogen-bond acceptors (Lipinski definition) is 2. The van der Waals surface area contributed by atoms with E-state index in [-0.39, 0.29) is 5.91 Å². The van der Waals surface area contributed by atoms with Crippen LogP contribution in [0.2, 0.25) is 0 Å². The molecule has 0 heterocycles. The van der Waals surface area contributed by atoms with Crippen LogP contribution in [0.4, 0.5) is 11.4 Å². The molecule has 0 aliphatic heterocycles. The van der Waals surface area contributed by atoms with Crippen LogP contribution in [-0.4, -0.2) is 12.5 Å². The molecular formula is C16H24N2O. The molecule has 1 aromatic carbocycles. The van der Waals surface area contributed by atoms with Crippen molar-refractivity contribution in [1.29, 1.82) is 0 Å². The first kappa shape index (κ1) is 13.9. The second-order valence-corrected chi connectivity index (χ2v) is 5.42. The third-order valence-corrected chi connectivity index (χ3v) is 4.06. The molecule has 0 spiro atoms. The van der Waals surface area contributed by atoms with Gasteiger partial charge in [-0.15, -0.1) is 0 Å². The minimum atomic E-state index is 0.235. The van der Waals surface area contributed by atoms with Crippen molar-refractivity contribution in [2.75, 3.05) is 17.2 Å². The van der Waals surface area contributed by atoms with Gasteiger partial charge >= 0.3 is 0 Å². The zero-order valence-electron chi connectivity index (χ0n) is 11.8. The molecule has 104 valence electrons. The minimum Gasteiger partial charge on any atom is -0.399 e. The third-order valence-electron chi connectivity index (χ3n) is 4.06. The summed E-state index contributed by atoms with van der Waals surface area (Å²) in [6.07, 6.45) is 7.01. The topological polar surface area (TPSA) is 46.3 Å². The molecule has 1 aliphatic rings. The number of nitrogens with zero attached hydrogens (tertiary/aromatic N) is 1. The predicted molar refractivity (Wildman–Crippen MR) is 80.1 cm³/mol. The van der Waals surface area contributed by atoms with Crippen LogP contribution in [0.15, 0.2) is 24.3 Å².